The number of likely N-dealkylation sites (N-methyl/N-ethyl adjacent to an activating group) is 2. The first kappa shape index (κ1) is 71.2. The molecule has 0 radical (unpaired) electrons. The summed E-state index contributed by atoms with van der Waals surface area (Å²) in [5, 5.41) is 47.2. The highest BCUT2D eigenvalue weighted by Crippen LogP contribution is 2.53. The van der Waals surface area contributed by atoms with Crippen molar-refractivity contribution in [2.24, 2.45) is 11.7 Å². The fourth-order valence-corrected chi connectivity index (χ4v) is 12.7. The van der Waals surface area contributed by atoms with Crippen LogP contribution in [0, 0.1) is 5.92 Å². The molecule has 4 heterocycles. The zero-order chi connectivity index (χ0) is 69.4. The Morgan fingerprint density at radius 1 is 0.833 bits per heavy atom. The maximum atomic E-state index is 14.3. The normalized spacial score (nSPS) is 23.2. The molecule has 9 amide bonds. The van der Waals surface area contributed by atoms with E-state index in [0.717, 1.165) is 9.80 Å². The van der Waals surface area contributed by atoms with E-state index in [9.17, 15) is 68.1 Å². The lowest BCUT2D eigenvalue weighted by molar-refractivity contribution is -0.256. The minimum atomic E-state index is -2.49. The van der Waals surface area contributed by atoms with Gasteiger partial charge in [0, 0.05) is 126 Å². The van der Waals surface area contributed by atoms with Gasteiger partial charge in [-0.2, -0.15) is 0 Å². The predicted octanol–water partition coefficient (Wildman–Crippen LogP) is 2.13. The van der Waals surface area contributed by atoms with E-state index in [4.69, 9.17) is 44.6 Å². The van der Waals surface area contributed by atoms with Gasteiger partial charge in [0.15, 0.2) is 37.0 Å². The van der Waals surface area contributed by atoms with E-state index >= 15 is 0 Å². The van der Waals surface area contributed by atoms with E-state index in [1.165, 1.54) is 56.5 Å². The molecule has 10 atom stereocenters. The van der Waals surface area contributed by atoms with Gasteiger partial charge >= 0.3 is 18.2 Å². The Hall–Kier alpha value is -9.11. The summed E-state index contributed by atoms with van der Waals surface area (Å²) in [5.74, 6) is -7.05. The molecule has 31 nitrogen and oxygen atoms in total. The van der Waals surface area contributed by atoms with Gasteiger partial charge in [0.1, 0.15) is 41.9 Å². The molecule has 518 valence electrons. The first-order chi connectivity index (χ1) is 45.7. The first-order valence-corrected chi connectivity index (χ1v) is 31.7. The number of morpholine rings is 1. The van der Waals surface area contributed by atoms with Gasteiger partial charge in [0.05, 0.1) is 35.5 Å². The number of aliphatic hydroxyl groups is 1. The van der Waals surface area contributed by atoms with Crippen molar-refractivity contribution in [1.29, 1.82) is 0 Å². The number of Topliss-reactive ketones (excluding diaryl/α,β-unsaturated/α-hetero) is 1. The average molecular weight is 1340 g/mol. The Morgan fingerprint density at radius 3 is 2.20 bits per heavy atom. The van der Waals surface area contributed by atoms with Crippen molar-refractivity contribution in [3.05, 3.63) is 93.6 Å². The molecule has 96 heavy (non-hydrogen) atoms. The summed E-state index contributed by atoms with van der Waals surface area (Å²) in [7, 11) is 4.26. The number of amides is 9. The molecule has 0 saturated carbocycles. The van der Waals surface area contributed by atoms with Crippen molar-refractivity contribution in [3.8, 4) is 11.5 Å². The summed E-state index contributed by atoms with van der Waals surface area (Å²) in [6, 6.07) is 7.26. The van der Waals surface area contributed by atoms with Gasteiger partial charge in [-0.15, -0.1) is 0 Å². The number of nitrogens with zero attached hydrogens (tertiary/aromatic N) is 4. The molecule has 6 aliphatic rings. The first-order valence-electron chi connectivity index (χ1n) is 31.7. The molecular formula is C65H82N10O21. The number of phenolic OH excluding ortho intramolecular Hbond substituents is 2. The molecule has 3 fully saturated rings. The molecule has 3 saturated heterocycles. The fraction of sp³-hybridized carbons (Fsp3) is 0.523. The average Bonchev–Trinajstić information content (AvgIpc) is 0.894. The van der Waals surface area contributed by atoms with Crippen molar-refractivity contribution < 1.29 is 101 Å². The van der Waals surface area contributed by atoms with E-state index in [1.54, 1.807) is 45.0 Å². The number of methoxy groups -OCH3 is 1. The Bertz CT molecular complexity index is 3530. The molecule has 11 N–H and O–H groups in total. The van der Waals surface area contributed by atoms with E-state index in [1.807, 2.05) is 0 Å². The standard InChI is InChI=1S/C65H82N10O21/c1-33(2)52(71-44(77)15-8-7-9-23-75-45(78)20-21-46(75)79)59(85)70-40(14-11-22-68-62(67)86)58(84)69-36-18-16-35(17-19-36)31-92-63(87)72(4)24-25-73(5)64(88)93-32-43(76)65(89)29-38-49(56(83)51-50(54(38)81)53(80)37-12-10-13-39(66)48(37)55(51)82)42(30-65)95-47-28-41-57(34(3)94-47)96-60-61(90-6)91-27-26-74(41)60/h10,12-13,16-21,33-34,40-42,47,52,57,60-61,81,83,89H,7-9,11,14-15,22-32,66H2,1-6H3,(H,69,84)(H,70,85)(H,71,77)(H3,67,68,86)/t34-,40-,41-,42-,47-,52-,57+,60+,61-,65-/m0/s1. The van der Waals surface area contributed by atoms with Crippen LogP contribution in [0.2, 0.25) is 0 Å². The van der Waals surface area contributed by atoms with Crippen molar-refractivity contribution in [2.75, 3.05) is 78.2 Å². The number of unbranched alkanes of at least 4 members (excludes halogenated alkanes) is 2. The van der Waals surface area contributed by atoms with Crippen molar-refractivity contribution in [1.82, 2.24) is 35.6 Å². The number of nitrogens with two attached hydrogens (primary N) is 2. The Labute approximate surface area is 552 Å². The second-order valence-electron chi connectivity index (χ2n) is 24.9. The number of hydrogen-bond donors (Lipinski definition) is 9. The lowest BCUT2D eigenvalue weighted by atomic mass is 9.71. The SMILES string of the molecule is CO[C@H]1OCCN2[C@@H]1O[C@@H]1[C@H](C)O[C@@H](O[C@H]3C[C@](O)(C(=O)COC(=O)N(C)CCN(C)C(=O)OCc4ccc(NC(=O)[C@H](CCCNC(N)=O)NC(=O)[C@@H](NC(=O)CCCCCN5C(=O)C=CC5=O)C(C)C)cc4)Cc4c(O)c5c(c(O)c43)C(=O)c3c(N)cccc3C5=O)C[C@@H]12. The lowest BCUT2D eigenvalue weighted by Crippen LogP contribution is -2.55. The molecule has 0 aromatic heterocycles. The number of carbonyl (C=O) groups is 11. The molecular weight excluding hydrogens is 1260 g/mol. The third-order valence-corrected chi connectivity index (χ3v) is 17.9. The number of aromatic hydroxyl groups is 2. The number of nitrogens with one attached hydrogen (secondary N) is 4. The van der Waals surface area contributed by atoms with Crippen LogP contribution in [-0.2, 0) is 75.0 Å². The van der Waals surface area contributed by atoms with Crippen LogP contribution in [0.5, 0.6) is 11.5 Å². The van der Waals surface area contributed by atoms with Gasteiger partial charge in [-0.05, 0) is 62.3 Å². The number of rotatable bonds is 27. The Kier molecular flexibility index (Phi) is 22.8. The molecule has 3 aromatic carbocycles. The third-order valence-electron chi connectivity index (χ3n) is 17.9. The molecule has 0 bridgehead atoms. The summed E-state index contributed by atoms with van der Waals surface area (Å²) in [5.41, 5.74) is 7.82. The molecule has 2 aliphatic carbocycles. The van der Waals surface area contributed by atoms with Gasteiger partial charge in [-0.3, -0.25) is 48.2 Å². The fourth-order valence-electron chi connectivity index (χ4n) is 12.7. The maximum absolute atomic E-state index is 14.3. The van der Waals surface area contributed by atoms with Crippen LogP contribution in [0.1, 0.15) is 127 Å². The molecule has 3 aromatic rings. The minimum Gasteiger partial charge on any atom is -0.507 e. The number of hydrogen-bond acceptors (Lipinski definition) is 23. The summed E-state index contributed by atoms with van der Waals surface area (Å²) >= 11 is 0. The van der Waals surface area contributed by atoms with Crippen LogP contribution in [0.25, 0.3) is 0 Å². The molecule has 0 unspecified atom stereocenters. The van der Waals surface area contributed by atoms with E-state index < -0.39 is 150 Å². The van der Waals surface area contributed by atoms with Crippen molar-refractivity contribution in [2.45, 2.75) is 146 Å². The number of urea groups is 1. The summed E-state index contributed by atoms with van der Waals surface area (Å²) < 4.78 is 41.4. The summed E-state index contributed by atoms with van der Waals surface area (Å²) in [6.07, 6.45) is -3.57. The van der Waals surface area contributed by atoms with Crippen LogP contribution < -0.4 is 32.7 Å². The van der Waals surface area contributed by atoms with Crippen molar-refractivity contribution >= 4 is 76.5 Å². The van der Waals surface area contributed by atoms with E-state index in [-0.39, 0.29) is 110 Å². The van der Waals surface area contributed by atoms with Gasteiger partial charge < -0.3 is 91.0 Å². The largest absolute Gasteiger partial charge is 0.507 e. The monoisotopic (exact) mass is 1340 g/mol. The highest BCUT2D eigenvalue weighted by Gasteiger charge is 2.55. The van der Waals surface area contributed by atoms with Crippen LogP contribution in [-0.4, -0.2) is 222 Å². The summed E-state index contributed by atoms with van der Waals surface area (Å²) in [4.78, 5) is 150. The van der Waals surface area contributed by atoms with Crippen LogP contribution in [0.4, 0.5) is 25.8 Å². The lowest BCUT2D eigenvalue weighted by Gasteiger charge is -2.43. The number of ether oxygens (including phenoxy) is 7. The molecule has 0 spiro atoms. The van der Waals surface area contributed by atoms with Gasteiger partial charge in [0.25, 0.3) is 11.8 Å². The van der Waals surface area contributed by atoms with Gasteiger partial charge in [-0.25, -0.2) is 14.4 Å². The number of benzene rings is 3. The van der Waals surface area contributed by atoms with Crippen LogP contribution in [0.3, 0.4) is 0 Å². The molecule has 4 aliphatic heterocycles. The Morgan fingerprint density at radius 2 is 1.52 bits per heavy atom. The van der Waals surface area contributed by atoms with E-state index in [2.05, 4.69) is 26.2 Å². The second kappa shape index (κ2) is 30.7. The number of imide groups is 1. The number of fused-ring (bicyclic) bond motifs is 6. The van der Waals surface area contributed by atoms with Crippen molar-refractivity contribution in [3.63, 3.8) is 0 Å². The molecule has 9 rings (SSSR count). The summed E-state index contributed by atoms with van der Waals surface area (Å²) in [6.45, 7) is 4.96. The number of phenols is 2. The number of nitrogen functional groups attached to an aromatic ring is 1. The number of primary amides is 1. The second-order valence-corrected chi connectivity index (χ2v) is 24.9. The maximum Gasteiger partial charge on any atom is 0.409 e. The van der Waals surface area contributed by atoms with Crippen LogP contribution >= 0.6 is 0 Å². The topological polar surface area (TPSA) is 426 Å². The third kappa shape index (κ3) is 15.9. The van der Waals surface area contributed by atoms with E-state index in [0.29, 0.717) is 43.7 Å². The smallest absolute Gasteiger partial charge is 0.409 e. The van der Waals surface area contributed by atoms with Gasteiger partial charge in [0.2, 0.25) is 23.5 Å². The number of anilines is 2. The van der Waals surface area contributed by atoms with Crippen LogP contribution in [0.15, 0.2) is 54.6 Å². The molecule has 31 heteroatoms. The quantitative estimate of drug-likeness (QED) is 0.0179. The Balaban J connectivity index is 0.769. The number of ketones is 3. The predicted molar refractivity (Wildman–Crippen MR) is 336 cm³/mol. The van der Waals surface area contributed by atoms with Gasteiger partial charge in [-0.1, -0.05) is 44.5 Å². The minimum absolute atomic E-state index is 0.0440. The zero-order valence-electron chi connectivity index (χ0n) is 54.1. The number of carbonyl (C=O) groups excluding carboxylic acids is 11. The zero-order valence-corrected chi connectivity index (χ0v) is 54.1. The highest BCUT2D eigenvalue weighted by atomic mass is 16.7. The highest BCUT2D eigenvalue weighted by molar-refractivity contribution is 6.32.